The Morgan fingerprint density at radius 2 is 1.63 bits per heavy atom. The van der Waals surface area contributed by atoms with Crippen molar-refractivity contribution in [1.29, 1.82) is 0 Å². The van der Waals surface area contributed by atoms with Crippen molar-refractivity contribution in [3.8, 4) is 0 Å². The molecular weight excluding hydrogens is 566 g/mol. The number of hydrogen-bond donors (Lipinski definition) is 1. The molecule has 0 heterocycles. The number of sulfonamides is 1. The third-order valence-electron chi connectivity index (χ3n) is 6.10. The van der Waals surface area contributed by atoms with Crippen molar-refractivity contribution in [2.45, 2.75) is 51.1 Å². The Bertz CT molecular complexity index is 1330. The van der Waals surface area contributed by atoms with Crippen molar-refractivity contribution in [1.82, 2.24) is 10.2 Å². The molecule has 0 aliphatic carbocycles. The Balaban J connectivity index is 2.03. The van der Waals surface area contributed by atoms with Gasteiger partial charge in [-0.15, -0.1) is 0 Å². The highest BCUT2D eigenvalue weighted by molar-refractivity contribution is 9.10. The van der Waals surface area contributed by atoms with Crippen LogP contribution in [0.2, 0.25) is 0 Å². The summed E-state index contributed by atoms with van der Waals surface area (Å²) in [5, 5.41) is 2.89. The molecule has 3 rings (SSSR count). The summed E-state index contributed by atoms with van der Waals surface area (Å²) >= 11 is 3.38. The number of rotatable bonds is 12. The predicted molar refractivity (Wildman–Crippen MR) is 154 cm³/mol. The van der Waals surface area contributed by atoms with Crippen LogP contribution in [0.3, 0.4) is 0 Å². The fourth-order valence-corrected chi connectivity index (χ4v) is 5.85. The van der Waals surface area contributed by atoms with Gasteiger partial charge in [-0.3, -0.25) is 13.9 Å². The maximum atomic E-state index is 14.0. The Morgan fingerprint density at radius 3 is 2.24 bits per heavy atom. The van der Waals surface area contributed by atoms with E-state index in [0.717, 1.165) is 26.3 Å². The molecule has 0 fully saturated rings. The third kappa shape index (κ3) is 7.45. The third-order valence-corrected chi connectivity index (χ3v) is 8.41. The highest BCUT2D eigenvalue weighted by atomic mass is 79.9. The normalized spacial score (nSPS) is 12.0. The van der Waals surface area contributed by atoms with Gasteiger partial charge in [0, 0.05) is 17.6 Å². The molecule has 0 aromatic heterocycles. The van der Waals surface area contributed by atoms with Gasteiger partial charge in [-0.05, 0) is 61.7 Å². The van der Waals surface area contributed by atoms with E-state index in [1.54, 1.807) is 42.5 Å². The average molecular weight is 601 g/mol. The summed E-state index contributed by atoms with van der Waals surface area (Å²) in [4.78, 5) is 28.6. The second kappa shape index (κ2) is 13.6. The van der Waals surface area contributed by atoms with Crippen LogP contribution < -0.4 is 9.62 Å². The second-order valence-electron chi connectivity index (χ2n) is 9.03. The monoisotopic (exact) mass is 599 g/mol. The van der Waals surface area contributed by atoms with Gasteiger partial charge in [0.2, 0.25) is 11.8 Å². The van der Waals surface area contributed by atoms with E-state index in [1.165, 1.54) is 17.0 Å². The Kier molecular flexibility index (Phi) is 10.5. The van der Waals surface area contributed by atoms with E-state index in [2.05, 4.69) is 21.2 Å². The molecule has 7 nitrogen and oxygen atoms in total. The zero-order chi connectivity index (χ0) is 27.7. The molecule has 1 N–H and O–H groups in total. The lowest BCUT2D eigenvalue weighted by Crippen LogP contribution is -2.52. The lowest BCUT2D eigenvalue weighted by Gasteiger charge is -2.33. The van der Waals surface area contributed by atoms with E-state index in [4.69, 9.17) is 0 Å². The van der Waals surface area contributed by atoms with Crippen LogP contribution in [0.15, 0.2) is 88.2 Å². The molecule has 0 radical (unpaired) electrons. The first-order valence-corrected chi connectivity index (χ1v) is 14.9. The first-order chi connectivity index (χ1) is 18.2. The highest BCUT2D eigenvalue weighted by Crippen LogP contribution is 2.26. The minimum absolute atomic E-state index is 0.0775. The summed E-state index contributed by atoms with van der Waals surface area (Å²) in [5.41, 5.74) is 2.24. The molecule has 3 aromatic rings. The van der Waals surface area contributed by atoms with Gasteiger partial charge in [-0.2, -0.15) is 0 Å². The van der Waals surface area contributed by atoms with Gasteiger partial charge in [0.1, 0.15) is 12.6 Å². The zero-order valence-corrected chi connectivity index (χ0v) is 24.3. The van der Waals surface area contributed by atoms with E-state index in [9.17, 15) is 18.0 Å². The number of benzene rings is 3. The molecule has 202 valence electrons. The number of carbonyl (C=O) groups excluding carboxylic acids is 2. The molecule has 38 heavy (non-hydrogen) atoms. The van der Waals surface area contributed by atoms with Gasteiger partial charge in [0.05, 0.1) is 10.6 Å². The van der Waals surface area contributed by atoms with Crippen LogP contribution >= 0.6 is 15.9 Å². The summed E-state index contributed by atoms with van der Waals surface area (Å²) in [7, 11) is -4.07. The van der Waals surface area contributed by atoms with Crippen molar-refractivity contribution < 1.29 is 18.0 Å². The first kappa shape index (κ1) is 29.4. The van der Waals surface area contributed by atoms with Crippen LogP contribution in [0.5, 0.6) is 0 Å². The lowest BCUT2D eigenvalue weighted by molar-refractivity contribution is -0.140. The molecule has 3 aromatic carbocycles. The standard InChI is InChI=1S/C29H34BrN3O4S/c1-4-18-31-29(35)27(5-2)32(20-23-11-9-10-22(3)19-23)28(34)21-33(25-16-14-24(30)15-17-25)38(36,37)26-12-7-6-8-13-26/h6-17,19,27H,4-5,18,20-21H2,1-3H3,(H,31,35)/t27-/m1/s1. The molecule has 0 saturated heterocycles. The number of nitrogens with one attached hydrogen (secondary N) is 1. The van der Waals surface area contributed by atoms with Gasteiger partial charge >= 0.3 is 0 Å². The topological polar surface area (TPSA) is 86.8 Å². The molecule has 9 heteroatoms. The number of halogens is 1. The molecular formula is C29H34BrN3O4S. The van der Waals surface area contributed by atoms with Crippen LogP contribution in [0, 0.1) is 6.92 Å². The predicted octanol–water partition coefficient (Wildman–Crippen LogP) is 5.29. The van der Waals surface area contributed by atoms with E-state index in [0.29, 0.717) is 18.7 Å². The first-order valence-electron chi connectivity index (χ1n) is 12.6. The van der Waals surface area contributed by atoms with Crippen LogP contribution in [0.4, 0.5) is 5.69 Å². The minimum atomic E-state index is -4.07. The number of nitrogens with zero attached hydrogens (tertiary/aromatic N) is 2. The Morgan fingerprint density at radius 1 is 0.947 bits per heavy atom. The van der Waals surface area contributed by atoms with Crippen molar-refractivity contribution in [2.75, 3.05) is 17.4 Å². The molecule has 0 saturated carbocycles. The van der Waals surface area contributed by atoms with Crippen molar-refractivity contribution in [3.63, 3.8) is 0 Å². The number of carbonyl (C=O) groups is 2. The number of hydrogen-bond acceptors (Lipinski definition) is 4. The van der Waals surface area contributed by atoms with E-state index < -0.39 is 28.5 Å². The van der Waals surface area contributed by atoms with Gasteiger partial charge < -0.3 is 10.2 Å². The van der Waals surface area contributed by atoms with Gasteiger partial charge in [-0.25, -0.2) is 8.42 Å². The second-order valence-corrected chi connectivity index (χ2v) is 11.8. The van der Waals surface area contributed by atoms with Gasteiger partial charge in [0.15, 0.2) is 0 Å². The summed E-state index contributed by atoms with van der Waals surface area (Å²) in [6.07, 6.45) is 1.15. The molecule has 0 aliphatic heterocycles. The summed E-state index contributed by atoms with van der Waals surface area (Å²) in [6.45, 7) is 5.99. The summed E-state index contributed by atoms with van der Waals surface area (Å²) in [5.74, 6) is -0.719. The SMILES string of the molecule is CCCNC(=O)[C@@H](CC)N(Cc1cccc(C)c1)C(=O)CN(c1ccc(Br)cc1)S(=O)(=O)c1ccccc1. The van der Waals surface area contributed by atoms with Crippen LogP contribution in [-0.2, 0) is 26.2 Å². The quantitative estimate of drug-likeness (QED) is 0.306. The Hall–Kier alpha value is -3.17. The molecule has 1 atom stereocenters. The van der Waals surface area contributed by atoms with Crippen LogP contribution in [-0.4, -0.2) is 44.3 Å². The maximum absolute atomic E-state index is 14.0. The summed E-state index contributed by atoms with van der Waals surface area (Å²) < 4.78 is 29.4. The van der Waals surface area contributed by atoms with E-state index in [1.807, 2.05) is 45.0 Å². The smallest absolute Gasteiger partial charge is 0.264 e. The van der Waals surface area contributed by atoms with Gasteiger partial charge in [0.25, 0.3) is 10.0 Å². The Labute approximate surface area is 234 Å². The van der Waals surface area contributed by atoms with Crippen LogP contribution in [0.25, 0.3) is 0 Å². The maximum Gasteiger partial charge on any atom is 0.264 e. The average Bonchev–Trinajstić information content (AvgIpc) is 2.91. The minimum Gasteiger partial charge on any atom is -0.354 e. The van der Waals surface area contributed by atoms with Gasteiger partial charge in [-0.1, -0.05) is 77.8 Å². The number of anilines is 1. The van der Waals surface area contributed by atoms with Crippen molar-refractivity contribution in [3.05, 3.63) is 94.5 Å². The number of amides is 2. The highest BCUT2D eigenvalue weighted by Gasteiger charge is 2.33. The molecule has 0 spiro atoms. The van der Waals surface area contributed by atoms with E-state index in [-0.39, 0.29) is 17.3 Å². The largest absolute Gasteiger partial charge is 0.354 e. The van der Waals surface area contributed by atoms with E-state index >= 15 is 0 Å². The zero-order valence-electron chi connectivity index (χ0n) is 21.9. The fraction of sp³-hybridized carbons (Fsp3) is 0.310. The van der Waals surface area contributed by atoms with Crippen LogP contribution in [0.1, 0.15) is 37.8 Å². The molecule has 0 bridgehead atoms. The fourth-order valence-electron chi connectivity index (χ4n) is 4.15. The molecule has 0 unspecified atom stereocenters. The van der Waals surface area contributed by atoms with Crippen molar-refractivity contribution in [2.24, 2.45) is 0 Å². The lowest BCUT2D eigenvalue weighted by atomic mass is 10.1. The number of aryl methyl sites for hydroxylation is 1. The molecule has 0 aliphatic rings. The van der Waals surface area contributed by atoms with Crippen molar-refractivity contribution >= 4 is 43.5 Å². The summed E-state index contributed by atoms with van der Waals surface area (Å²) in [6, 6.07) is 21.8. The molecule has 2 amide bonds.